The molecule has 2 unspecified atom stereocenters. The molecule has 0 aliphatic carbocycles. The molecule has 3 aromatic rings. The highest BCUT2D eigenvalue weighted by atomic mass is 16.5. The van der Waals surface area contributed by atoms with Gasteiger partial charge in [-0.05, 0) is 69.2 Å². The maximum Gasteiger partial charge on any atom is 0.328 e. The zero-order chi connectivity index (χ0) is 25.1. The molecule has 2 aliphatic rings. The zero-order valence-electron chi connectivity index (χ0n) is 20.8. The van der Waals surface area contributed by atoms with Gasteiger partial charge in [0.05, 0.1) is 7.11 Å². The highest BCUT2D eigenvalue weighted by molar-refractivity contribution is 6.08. The van der Waals surface area contributed by atoms with E-state index in [4.69, 9.17) is 4.74 Å². The number of aromatic amines is 1. The third kappa shape index (κ3) is 3.72. The molecule has 1 saturated heterocycles. The smallest absolute Gasteiger partial charge is 0.328 e. The summed E-state index contributed by atoms with van der Waals surface area (Å²) in [6.45, 7) is 8.80. The molecule has 184 valence electrons. The van der Waals surface area contributed by atoms with Gasteiger partial charge in [-0.25, -0.2) is 4.79 Å². The average molecular weight is 477 g/mol. The number of carbonyl (C=O) groups excluding carboxylic acids is 2. The van der Waals surface area contributed by atoms with Crippen molar-refractivity contribution in [1.82, 2.24) is 20.1 Å². The van der Waals surface area contributed by atoms with Gasteiger partial charge < -0.3 is 20.1 Å². The number of phenols is 1. The molecule has 3 heterocycles. The second-order valence-corrected chi connectivity index (χ2v) is 10.7. The lowest BCUT2D eigenvalue weighted by atomic mass is 9.81. The number of amides is 3. The van der Waals surface area contributed by atoms with Crippen LogP contribution in [-0.4, -0.2) is 63.1 Å². The molecule has 0 spiro atoms. The van der Waals surface area contributed by atoms with Crippen molar-refractivity contribution in [3.63, 3.8) is 0 Å². The van der Waals surface area contributed by atoms with Gasteiger partial charge in [-0.1, -0.05) is 12.1 Å². The third-order valence-corrected chi connectivity index (χ3v) is 7.05. The minimum absolute atomic E-state index is 0.110. The Bertz CT molecular complexity index is 1320. The van der Waals surface area contributed by atoms with Crippen LogP contribution >= 0.6 is 0 Å². The Labute approximate surface area is 204 Å². The number of nitrogens with one attached hydrogen (secondary N) is 2. The lowest BCUT2D eigenvalue weighted by Gasteiger charge is -2.42. The first-order chi connectivity index (χ1) is 16.5. The summed E-state index contributed by atoms with van der Waals surface area (Å²) in [6, 6.07) is 11.8. The number of H-pyrrole nitrogens is 1. The Morgan fingerprint density at radius 2 is 1.97 bits per heavy atom. The lowest BCUT2D eigenvalue weighted by Crippen LogP contribution is -2.53. The summed E-state index contributed by atoms with van der Waals surface area (Å²) < 4.78 is 5.46. The Balaban J connectivity index is 1.64. The molecule has 2 aliphatic heterocycles. The van der Waals surface area contributed by atoms with Crippen molar-refractivity contribution >= 4 is 22.8 Å². The number of nitrogens with zero attached hydrogens (tertiary/aromatic N) is 2. The van der Waals surface area contributed by atoms with Crippen molar-refractivity contribution in [1.29, 1.82) is 0 Å². The monoisotopic (exact) mass is 476 g/mol. The van der Waals surface area contributed by atoms with E-state index >= 15 is 0 Å². The topological polar surface area (TPSA) is 97.9 Å². The molecule has 3 N–H and O–H groups in total. The van der Waals surface area contributed by atoms with Gasteiger partial charge in [-0.2, -0.15) is 0 Å². The molecule has 8 heteroatoms. The van der Waals surface area contributed by atoms with Gasteiger partial charge in [0, 0.05) is 41.6 Å². The molecular weight excluding hydrogens is 444 g/mol. The van der Waals surface area contributed by atoms with Crippen molar-refractivity contribution in [2.75, 3.05) is 20.2 Å². The SMILES string of the molecule is COc1ccc2[nH]c3c(c2c1)CC1(C)C(=O)N(CCNC(C)(C)C)C(=O)N1C3c1cccc(O)c1. The first kappa shape index (κ1) is 23.2. The number of urea groups is 1. The predicted molar refractivity (Wildman–Crippen MR) is 134 cm³/mol. The summed E-state index contributed by atoms with van der Waals surface area (Å²) in [4.78, 5) is 34.2. The van der Waals surface area contributed by atoms with Gasteiger partial charge in [0.1, 0.15) is 23.1 Å². The fourth-order valence-electron chi connectivity index (χ4n) is 5.40. The van der Waals surface area contributed by atoms with Crippen LogP contribution in [0.5, 0.6) is 11.5 Å². The first-order valence-electron chi connectivity index (χ1n) is 11.9. The van der Waals surface area contributed by atoms with Crippen LogP contribution in [-0.2, 0) is 11.2 Å². The maximum absolute atomic E-state index is 13.8. The van der Waals surface area contributed by atoms with E-state index in [-0.39, 0.29) is 29.8 Å². The average Bonchev–Trinajstić information content (AvgIpc) is 3.24. The van der Waals surface area contributed by atoms with E-state index in [0.29, 0.717) is 13.0 Å². The molecule has 0 bridgehead atoms. The van der Waals surface area contributed by atoms with Gasteiger partial charge >= 0.3 is 6.03 Å². The molecular formula is C27H32N4O4. The highest BCUT2D eigenvalue weighted by Gasteiger charge is 2.60. The fourth-order valence-corrected chi connectivity index (χ4v) is 5.40. The third-order valence-electron chi connectivity index (χ3n) is 7.05. The minimum atomic E-state index is -1.06. The van der Waals surface area contributed by atoms with E-state index < -0.39 is 11.6 Å². The Morgan fingerprint density at radius 3 is 2.66 bits per heavy atom. The zero-order valence-corrected chi connectivity index (χ0v) is 20.8. The van der Waals surface area contributed by atoms with E-state index in [1.165, 1.54) is 4.90 Å². The summed E-state index contributed by atoms with van der Waals surface area (Å²) in [5, 5.41) is 14.6. The van der Waals surface area contributed by atoms with Crippen LogP contribution in [0, 0.1) is 0 Å². The molecule has 2 atom stereocenters. The number of benzene rings is 2. The Kier molecular flexibility index (Phi) is 5.32. The van der Waals surface area contributed by atoms with Crippen molar-refractivity contribution in [2.24, 2.45) is 0 Å². The van der Waals surface area contributed by atoms with Gasteiger partial charge in [0.15, 0.2) is 0 Å². The Morgan fingerprint density at radius 1 is 1.20 bits per heavy atom. The molecule has 8 nitrogen and oxygen atoms in total. The number of rotatable bonds is 5. The van der Waals surface area contributed by atoms with Gasteiger partial charge in [0.2, 0.25) is 0 Å². The van der Waals surface area contributed by atoms with Crippen LogP contribution in [0.4, 0.5) is 4.79 Å². The van der Waals surface area contributed by atoms with E-state index in [0.717, 1.165) is 33.5 Å². The van der Waals surface area contributed by atoms with Crippen molar-refractivity contribution in [3.05, 3.63) is 59.3 Å². The van der Waals surface area contributed by atoms with E-state index in [9.17, 15) is 14.7 Å². The van der Waals surface area contributed by atoms with Crippen molar-refractivity contribution < 1.29 is 19.4 Å². The summed E-state index contributed by atoms with van der Waals surface area (Å²) in [7, 11) is 1.63. The van der Waals surface area contributed by atoms with E-state index in [1.54, 1.807) is 30.2 Å². The predicted octanol–water partition coefficient (Wildman–Crippen LogP) is 3.94. The second-order valence-electron chi connectivity index (χ2n) is 10.7. The normalized spacial score (nSPS) is 22.0. The summed E-state index contributed by atoms with van der Waals surface area (Å²) in [5.74, 6) is 0.633. The molecule has 1 fully saturated rings. The van der Waals surface area contributed by atoms with Gasteiger partial charge in [-0.3, -0.25) is 14.6 Å². The highest BCUT2D eigenvalue weighted by Crippen LogP contribution is 2.49. The van der Waals surface area contributed by atoms with Crippen LogP contribution < -0.4 is 10.1 Å². The number of phenolic OH excluding ortho intramolecular Hbond substituents is 1. The molecule has 35 heavy (non-hydrogen) atoms. The van der Waals surface area contributed by atoms with E-state index in [2.05, 4.69) is 31.1 Å². The minimum Gasteiger partial charge on any atom is -0.508 e. The quantitative estimate of drug-likeness (QED) is 0.485. The summed E-state index contributed by atoms with van der Waals surface area (Å²) in [6.07, 6.45) is 0.387. The number of ether oxygens (including phenoxy) is 1. The number of fused-ring (bicyclic) bond motifs is 4. The number of hydrogen-bond donors (Lipinski definition) is 3. The number of carbonyl (C=O) groups is 2. The maximum atomic E-state index is 13.8. The number of aromatic nitrogens is 1. The van der Waals surface area contributed by atoms with Crippen LogP contribution in [0.1, 0.15) is 50.6 Å². The number of hydrogen-bond acceptors (Lipinski definition) is 5. The molecule has 2 aromatic carbocycles. The number of methoxy groups -OCH3 is 1. The fraction of sp³-hybridized carbons (Fsp3) is 0.407. The van der Waals surface area contributed by atoms with Crippen LogP contribution in [0.15, 0.2) is 42.5 Å². The first-order valence-corrected chi connectivity index (χ1v) is 11.9. The van der Waals surface area contributed by atoms with Crippen LogP contribution in [0.2, 0.25) is 0 Å². The summed E-state index contributed by atoms with van der Waals surface area (Å²) >= 11 is 0. The van der Waals surface area contributed by atoms with Gasteiger partial charge in [-0.15, -0.1) is 0 Å². The second kappa shape index (κ2) is 8.02. The Hall–Kier alpha value is -3.52. The van der Waals surface area contributed by atoms with Crippen LogP contribution in [0.3, 0.4) is 0 Å². The van der Waals surface area contributed by atoms with Crippen LogP contribution in [0.25, 0.3) is 10.9 Å². The van der Waals surface area contributed by atoms with Crippen molar-refractivity contribution in [2.45, 2.75) is 51.2 Å². The van der Waals surface area contributed by atoms with Gasteiger partial charge in [0.25, 0.3) is 5.91 Å². The molecule has 1 aromatic heterocycles. The lowest BCUT2D eigenvalue weighted by molar-refractivity contribution is -0.133. The standard InChI is InChI=1S/C27H32N4O4/c1-26(2,3)28-11-12-30-24(33)27(4)15-20-19-14-18(35-5)9-10-21(19)29-22(20)23(31(27)25(30)34)16-7-6-8-17(32)13-16/h6-10,13-14,23,28-29,32H,11-12,15H2,1-5H3. The number of aromatic hydroxyl groups is 1. The molecule has 0 saturated carbocycles. The largest absolute Gasteiger partial charge is 0.508 e. The van der Waals surface area contributed by atoms with Crippen molar-refractivity contribution in [3.8, 4) is 11.5 Å². The molecule has 5 rings (SSSR count). The molecule has 3 amide bonds. The number of imide groups is 1. The summed E-state index contributed by atoms with van der Waals surface area (Å²) in [5.41, 5.74) is 2.32. The molecule has 0 radical (unpaired) electrons. The van der Waals surface area contributed by atoms with E-state index in [1.807, 2.05) is 31.2 Å².